The molecule has 1 N–H and O–H groups in total. The minimum atomic E-state index is 0.921. The molecule has 2 aromatic heterocycles. The Labute approximate surface area is 176 Å². The van der Waals surface area contributed by atoms with Crippen molar-refractivity contribution in [3.05, 3.63) is 73.2 Å². The SMILES string of the molecule is CNc1ccc(-c2ccc3ncc(N4CCN(c5ccncc5)CC4)nc3c2)cc1. The van der Waals surface area contributed by atoms with Gasteiger partial charge in [0.25, 0.3) is 0 Å². The lowest BCUT2D eigenvalue weighted by atomic mass is 10.0. The predicted octanol–water partition coefficient (Wildman–Crippen LogP) is 4.06. The summed E-state index contributed by atoms with van der Waals surface area (Å²) < 4.78 is 0. The van der Waals surface area contributed by atoms with Gasteiger partial charge in [-0.3, -0.25) is 9.97 Å². The molecule has 0 unspecified atom stereocenters. The molecule has 0 saturated carbocycles. The molecule has 1 aliphatic rings. The van der Waals surface area contributed by atoms with Crippen LogP contribution in [0.5, 0.6) is 0 Å². The zero-order valence-electron chi connectivity index (χ0n) is 17.0. The summed E-state index contributed by atoms with van der Waals surface area (Å²) >= 11 is 0. The van der Waals surface area contributed by atoms with E-state index in [-0.39, 0.29) is 0 Å². The van der Waals surface area contributed by atoms with E-state index in [0.29, 0.717) is 0 Å². The number of anilines is 3. The van der Waals surface area contributed by atoms with E-state index in [2.05, 4.69) is 79.7 Å². The normalized spacial score (nSPS) is 14.2. The maximum absolute atomic E-state index is 4.94. The average molecular weight is 396 g/mol. The smallest absolute Gasteiger partial charge is 0.147 e. The van der Waals surface area contributed by atoms with Crippen LogP contribution in [0.4, 0.5) is 17.2 Å². The average Bonchev–Trinajstić information content (AvgIpc) is 2.84. The van der Waals surface area contributed by atoms with Crippen LogP contribution in [0.2, 0.25) is 0 Å². The molecular formula is C24H24N6. The van der Waals surface area contributed by atoms with E-state index < -0.39 is 0 Å². The topological polar surface area (TPSA) is 57.2 Å². The van der Waals surface area contributed by atoms with Crippen molar-refractivity contribution in [2.24, 2.45) is 0 Å². The van der Waals surface area contributed by atoms with Crippen LogP contribution < -0.4 is 15.1 Å². The fourth-order valence-corrected chi connectivity index (χ4v) is 3.91. The Bertz CT molecular complexity index is 1140. The van der Waals surface area contributed by atoms with Gasteiger partial charge in [0.05, 0.1) is 17.2 Å². The Morgan fingerprint density at radius 2 is 1.47 bits per heavy atom. The molecule has 6 heteroatoms. The summed E-state index contributed by atoms with van der Waals surface area (Å²) in [7, 11) is 1.93. The number of rotatable bonds is 4. The highest BCUT2D eigenvalue weighted by atomic mass is 15.3. The standard InChI is InChI=1S/C24H24N6/c1-25-20-5-2-18(3-6-20)19-4-7-22-23(16-19)28-24(17-27-22)30-14-12-29(13-15-30)21-8-10-26-11-9-21/h2-11,16-17,25H,12-15H2,1H3. The van der Waals surface area contributed by atoms with Crippen LogP contribution in [-0.4, -0.2) is 48.2 Å². The molecule has 1 fully saturated rings. The molecule has 6 nitrogen and oxygen atoms in total. The highest BCUT2D eigenvalue weighted by molar-refractivity contribution is 5.82. The molecule has 0 spiro atoms. The quantitative estimate of drug-likeness (QED) is 0.561. The third-order valence-corrected chi connectivity index (χ3v) is 5.67. The molecule has 0 atom stereocenters. The Balaban J connectivity index is 1.36. The lowest BCUT2D eigenvalue weighted by Gasteiger charge is -2.36. The van der Waals surface area contributed by atoms with Crippen LogP contribution in [0, 0.1) is 0 Å². The summed E-state index contributed by atoms with van der Waals surface area (Å²) in [4.78, 5) is 18.4. The first-order valence-electron chi connectivity index (χ1n) is 10.2. The molecule has 1 aliphatic heterocycles. The number of nitrogens with zero attached hydrogens (tertiary/aromatic N) is 5. The lowest BCUT2D eigenvalue weighted by Crippen LogP contribution is -2.46. The number of piperazine rings is 1. The van der Waals surface area contributed by atoms with Gasteiger partial charge in [-0.1, -0.05) is 18.2 Å². The lowest BCUT2D eigenvalue weighted by molar-refractivity contribution is 0.647. The van der Waals surface area contributed by atoms with Crippen LogP contribution in [0.25, 0.3) is 22.2 Å². The summed E-state index contributed by atoms with van der Waals surface area (Å²) in [5.74, 6) is 0.944. The van der Waals surface area contributed by atoms with Crippen molar-refractivity contribution in [2.75, 3.05) is 48.3 Å². The Kier molecular flexibility index (Phi) is 4.89. The number of nitrogens with one attached hydrogen (secondary N) is 1. The Morgan fingerprint density at radius 3 is 2.20 bits per heavy atom. The highest BCUT2D eigenvalue weighted by Gasteiger charge is 2.19. The first-order valence-corrected chi connectivity index (χ1v) is 10.2. The monoisotopic (exact) mass is 396 g/mol. The number of hydrogen-bond donors (Lipinski definition) is 1. The van der Waals surface area contributed by atoms with Crippen molar-refractivity contribution < 1.29 is 0 Å². The predicted molar refractivity (Wildman–Crippen MR) is 123 cm³/mol. The molecule has 150 valence electrons. The second-order valence-corrected chi connectivity index (χ2v) is 7.44. The zero-order valence-corrected chi connectivity index (χ0v) is 17.0. The van der Waals surface area contributed by atoms with E-state index in [1.165, 1.54) is 11.3 Å². The fourth-order valence-electron chi connectivity index (χ4n) is 3.91. The van der Waals surface area contributed by atoms with Gasteiger partial charge in [0.15, 0.2) is 0 Å². The summed E-state index contributed by atoms with van der Waals surface area (Å²) in [6.07, 6.45) is 5.59. The minimum Gasteiger partial charge on any atom is -0.388 e. The molecule has 2 aromatic carbocycles. The van der Waals surface area contributed by atoms with E-state index in [1.807, 2.05) is 25.6 Å². The first kappa shape index (κ1) is 18.4. The Morgan fingerprint density at radius 1 is 0.767 bits per heavy atom. The molecule has 0 bridgehead atoms. The number of fused-ring (bicyclic) bond motifs is 1. The first-order chi connectivity index (χ1) is 14.8. The van der Waals surface area contributed by atoms with Crippen LogP contribution in [-0.2, 0) is 0 Å². The van der Waals surface area contributed by atoms with Crippen LogP contribution >= 0.6 is 0 Å². The largest absolute Gasteiger partial charge is 0.388 e. The maximum atomic E-state index is 4.94. The van der Waals surface area contributed by atoms with E-state index in [4.69, 9.17) is 4.98 Å². The van der Waals surface area contributed by atoms with Gasteiger partial charge in [-0.05, 0) is 47.5 Å². The fraction of sp³-hybridized carbons (Fsp3) is 0.208. The van der Waals surface area contributed by atoms with Gasteiger partial charge in [0.1, 0.15) is 5.82 Å². The van der Waals surface area contributed by atoms with Crippen molar-refractivity contribution in [1.82, 2.24) is 15.0 Å². The number of pyridine rings is 1. The molecule has 3 heterocycles. The van der Waals surface area contributed by atoms with Crippen LogP contribution in [0.3, 0.4) is 0 Å². The molecule has 0 amide bonds. The minimum absolute atomic E-state index is 0.921. The summed E-state index contributed by atoms with van der Waals surface area (Å²) in [6, 6.07) is 18.9. The van der Waals surface area contributed by atoms with E-state index >= 15 is 0 Å². The Hall–Kier alpha value is -3.67. The highest BCUT2D eigenvalue weighted by Crippen LogP contribution is 2.26. The van der Waals surface area contributed by atoms with E-state index in [1.54, 1.807) is 0 Å². The van der Waals surface area contributed by atoms with Crippen molar-refractivity contribution >= 4 is 28.2 Å². The van der Waals surface area contributed by atoms with Gasteiger partial charge in [-0.25, -0.2) is 4.98 Å². The zero-order chi connectivity index (χ0) is 20.3. The third kappa shape index (κ3) is 3.64. The third-order valence-electron chi connectivity index (χ3n) is 5.67. The molecule has 1 saturated heterocycles. The van der Waals surface area contributed by atoms with Gasteiger partial charge in [0.2, 0.25) is 0 Å². The molecule has 0 radical (unpaired) electrons. The van der Waals surface area contributed by atoms with E-state index in [0.717, 1.165) is 54.3 Å². The van der Waals surface area contributed by atoms with Crippen LogP contribution in [0.15, 0.2) is 73.2 Å². The second-order valence-electron chi connectivity index (χ2n) is 7.44. The second kappa shape index (κ2) is 7.99. The van der Waals surface area contributed by atoms with Gasteiger partial charge >= 0.3 is 0 Å². The molecule has 30 heavy (non-hydrogen) atoms. The number of benzene rings is 2. The van der Waals surface area contributed by atoms with Crippen molar-refractivity contribution in [2.45, 2.75) is 0 Å². The summed E-state index contributed by atoms with van der Waals surface area (Å²) in [5, 5.41) is 3.16. The van der Waals surface area contributed by atoms with Crippen molar-refractivity contribution in [3.8, 4) is 11.1 Å². The molecular weight excluding hydrogens is 372 g/mol. The summed E-state index contributed by atoms with van der Waals surface area (Å²) in [5.41, 5.74) is 6.51. The molecule has 4 aromatic rings. The number of aromatic nitrogens is 3. The van der Waals surface area contributed by atoms with Gasteiger partial charge in [-0.2, -0.15) is 0 Å². The number of hydrogen-bond acceptors (Lipinski definition) is 6. The van der Waals surface area contributed by atoms with Gasteiger partial charge < -0.3 is 15.1 Å². The van der Waals surface area contributed by atoms with Crippen LogP contribution in [0.1, 0.15) is 0 Å². The van der Waals surface area contributed by atoms with Gasteiger partial charge in [0, 0.05) is 57.0 Å². The summed E-state index contributed by atoms with van der Waals surface area (Å²) in [6.45, 7) is 3.77. The maximum Gasteiger partial charge on any atom is 0.147 e. The van der Waals surface area contributed by atoms with Crippen molar-refractivity contribution in [1.29, 1.82) is 0 Å². The van der Waals surface area contributed by atoms with E-state index in [9.17, 15) is 0 Å². The van der Waals surface area contributed by atoms with Crippen molar-refractivity contribution in [3.63, 3.8) is 0 Å². The molecule has 0 aliphatic carbocycles. The van der Waals surface area contributed by atoms with Gasteiger partial charge in [-0.15, -0.1) is 0 Å². The molecule has 5 rings (SSSR count).